The van der Waals surface area contributed by atoms with E-state index in [2.05, 4.69) is 0 Å². The standard InChI is InChI=1S/C21H18Cl2N2O4/c1-28-17-7-6-15(12-16(17)23)25-20(26)18(13-2-4-14(22)5-3-13)19(21(25)27)24-8-10-29-11-9-24/h2-7,12H,8-11H2,1H3. The lowest BCUT2D eigenvalue weighted by Crippen LogP contribution is -2.40. The Kier molecular flexibility index (Phi) is 5.50. The topological polar surface area (TPSA) is 59.1 Å². The van der Waals surface area contributed by atoms with Crippen LogP contribution in [0.4, 0.5) is 5.69 Å². The number of imide groups is 1. The number of halogens is 2. The van der Waals surface area contributed by atoms with Crippen LogP contribution in [0.25, 0.3) is 5.57 Å². The Morgan fingerprint density at radius 1 is 0.966 bits per heavy atom. The van der Waals surface area contributed by atoms with Crippen molar-refractivity contribution in [3.8, 4) is 5.75 Å². The average molecular weight is 433 g/mol. The molecule has 8 heteroatoms. The SMILES string of the molecule is COc1ccc(N2C(=O)C(c3ccc(Cl)cc3)=C(N3CCOCC3)C2=O)cc1Cl. The Bertz CT molecular complexity index is 998. The number of benzene rings is 2. The van der Waals surface area contributed by atoms with Crippen LogP contribution in [-0.2, 0) is 14.3 Å². The van der Waals surface area contributed by atoms with Gasteiger partial charge in [0.1, 0.15) is 11.4 Å². The smallest absolute Gasteiger partial charge is 0.282 e. The number of carbonyl (C=O) groups excluding carboxylic acids is 2. The van der Waals surface area contributed by atoms with Gasteiger partial charge in [0, 0.05) is 18.1 Å². The van der Waals surface area contributed by atoms with Crippen LogP contribution in [0.1, 0.15) is 5.56 Å². The van der Waals surface area contributed by atoms with Crippen molar-refractivity contribution in [2.75, 3.05) is 38.3 Å². The van der Waals surface area contributed by atoms with Gasteiger partial charge >= 0.3 is 0 Å². The number of morpholine rings is 1. The Morgan fingerprint density at radius 2 is 1.66 bits per heavy atom. The molecule has 0 unspecified atom stereocenters. The zero-order chi connectivity index (χ0) is 20.5. The molecule has 1 saturated heterocycles. The van der Waals surface area contributed by atoms with Gasteiger partial charge in [-0.05, 0) is 35.9 Å². The maximum Gasteiger partial charge on any atom is 0.282 e. The van der Waals surface area contributed by atoms with Gasteiger partial charge in [-0.3, -0.25) is 9.59 Å². The molecular weight excluding hydrogens is 415 g/mol. The summed E-state index contributed by atoms with van der Waals surface area (Å²) in [4.78, 5) is 29.9. The monoisotopic (exact) mass is 432 g/mol. The summed E-state index contributed by atoms with van der Waals surface area (Å²) >= 11 is 12.2. The van der Waals surface area contributed by atoms with E-state index in [-0.39, 0.29) is 5.91 Å². The molecule has 150 valence electrons. The average Bonchev–Trinajstić information content (AvgIpc) is 2.99. The number of amides is 2. The van der Waals surface area contributed by atoms with E-state index in [1.54, 1.807) is 42.5 Å². The molecular formula is C21H18Cl2N2O4. The number of carbonyl (C=O) groups is 2. The minimum absolute atomic E-state index is 0.318. The van der Waals surface area contributed by atoms with Crippen LogP contribution in [0.15, 0.2) is 48.2 Å². The fourth-order valence-electron chi connectivity index (χ4n) is 3.50. The highest BCUT2D eigenvalue weighted by Gasteiger charge is 2.42. The molecule has 0 spiro atoms. The summed E-state index contributed by atoms with van der Waals surface area (Å²) in [6.45, 7) is 2.05. The third-order valence-electron chi connectivity index (χ3n) is 4.91. The molecule has 2 heterocycles. The number of hydrogen-bond acceptors (Lipinski definition) is 5. The lowest BCUT2D eigenvalue weighted by Gasteiger charge is -2.29. The van der Waals surface area contributed by atoms with Gasteiger partial charge < -0.3 is 14.4 Å². The van der Waals surface area contributed by atoms with Crippen molar-refractivity contribution >= 4 is 46.3 Å². The lowest BCUT2D eigenvalue weighted by atomic mass is 10.0. The second-order valence-electron chi connectivity index (χ2n) is 6.59. The largest absolute Gasteiger partial charge is 0.495 e. The molecule has 0 atom stereocenters. The Balaban J connectivity index is 1.81. The highest BCUT2D eigenvalue weighted by Crippen LogP contribution is 2.37. The Labute approximate surface area is 178 Å². The fraction of sp³-hybridized carbons (Fsp3) is 0.238. The first-order valence-corrected chi connectivity index (χ1v) is 9.82. The number of ether oxygens (including phenoxy) is 2. The molecule has 0 radical (unpaired) electrons. The number of methoxy groups -OCH3 is 1. The molecule has 6 nitrogen and oxygen atoms in total. The molecule has 0 aliphatic carbocycles. The highest BCUT2D eigenvalue weighted by atomic mass is 35.5. The fourth-order valence-corrected chi connectivity index (χ4v) is 3.88. The Morgan fingerprint density at radius 3 is 2.28 bits per heavy atom. The number of nitrogens with zero attached hydrogens (tertiary/aromatic N) is 2. The van der Waals surface area contributed by atoms with Gasteiger partial charge in [0.25, 0.3) is 11.8 Å². The van der Waals surface area contributed by atoms with Crippen LogP contribution in [0.3, 0.4) is 0 Å². The van der Waals surface area contributed by atoms with Crippen LogP contribution < -0.4 is 9.64 Å². The van der Waals surface area contributed by atoms with Crippen LogP contribution >= 0.6 is 23.2 Å². The van der Waals surface area contributed by atoms with E-state index in [0.717, 1.165) is 4.90 Å². The third kappa shape index (κ3) is 3.59. The molecule has 1 fully saturated rings. The van der Waals surface area contributed by atoms with E-state index in [9.17, 15) is 9.59 Å². The van der Waals surface area contributed by atoms with E-state index < -0.39 is 5.91 Å². The quantitative estimate of drug-likeness (QED) is 0.690. The maximum absolute atomic E-state index is 13.4. The van der Waals surface area contributed by atoms with Gasteiger partial charge in [-0.1, -0.05) is 35.3 Å². The summed E-state index contributed by atoms with van der Waals surface area (Å²) in [5.74, 6) is -0.322. The molecule has 0 saturated carbocycles. The maximum atomic E-state index is 13.4. The number of anilines is 1. The van der Waals surface area contributed by atoms with Gasteiger partial charge in [0.15, 0.2) is 0 Å². The van der Waals surface area contributed by atoms with Gasteiger partial charge in [-0.2, -0.15) is 0 Å². The minimum atomic E-state index is -0.403. The molecule has 2 amide bonds. The van der Waals surface area contributed by atoms with E-state index in [1.165, 1.54) is 7.11 Å². The predicted octanol–water partition coefficient (Wildman–Crippen LogP) is 3.62. The first kappa shape index (κ1) is 19.8. The van der Waals surface area contributed by atoms with Crippen molar-refractivity contribution in [2.24, 2.45) is 0 Å². The van der Waals surface area contributed by atoms with E-state index in [0.29, 0.717) is 64.6 Å². The van der Waals surface area contributed by atoms with Crippen LogP contribution in [-0.4, -0.2) is 50.1 Å². The van der Waals surface area contributed by atoms with Gasteiger partial charge in [-0.25, -0.2) is 4.90 Å². The normalized spacial score (nSPS) is 17.3. The number of rotatable bonds is 4. The molecule has 2 aliphatic rings. The van der Waals surface area contributed by atoms with Crippen molar-refractivity contribution in [3.05, 3.63) is 63.8 Å². The van der Waals surface area contributed by atoms with Crippen molar-refractivity contribution in [1.29, 1.82) is 0 Å². The molecule has 4 rings (SSSR count). The van der Waals surface area contributed by atoms with Crippen LogP contribution in [0.5, 0.6) is 5.75 Å². The molecule has 29 heavy (non-hydrogen) atoms. The lowest BCUT2D eigenvalue weighted by molar-refractivity contribution is -0.121. The minimum Gasteiger partial charge on any atom is -0.495 e. The summed E-state index contributed by atoms with van der Waals surface area (Å²) in [6, 6.07) is 11.7. The molecule has 0 N–H and O–H groups in total. The summed E-state index contributed by atoms with van der Waals surface area (Å²) in [6.07, 6.45) is 0. The van der Waals surface area contributed by atoms with E-state index in [1.807, 2.05) is 4.90 Å². The predicted molar refractivity (Wildman–Crippen MR) is 111 cm³/mol. The molecule has 0 bridgehead atoms. The van der Waals surface area contributed by atoms with Crippen LogP contribution in [0, 0.1) is 0 Å². The zero-order valence-electron chi connectivity index (χ0n) is 15.7. The van der Waals surface area contributed by atoms with Crippen molar-refractivity contribution < 1.29 is 19.1 Å². The molecule has 0 aromatic heterocycles. The Hall–Kier alpha value is -2.54. The second kappa shape index (κ2) is 8.06. The second-order valence-corrected chi connectivity index (χ2v) is 7.44. The number of hydrogen-bond donors (Lipinski definition) is 0. The molecule has 2 aliphatic heterocycles. The van der Waals surface area contributed by atoms with Crippen molar-refractivity contribution in [2.45, 2.75) is 0 Å². The highest BCUT2D eigenvalue weighted by molar-refractivity contribution is 6.45. The van der Waals surface area contributed by atoms with Gasteiger partial charge in [0.2, 0.25) is 0 Å². The first-order chi connectivity index (χ1) is 14.0. The van der Waals surface area contributed by atoms with Crippen molar-refractivity contribution in [3.63, 3.8) is 0 Å². The zero-order valence-corrected chi connectivity index (χ0v) is 17.2. The summed E-state index contributed by atoms with van der Waals surface area (Å²) < 4.78 is 10.6. The molecule has 2 aromatic carbocycles. The van der Waals surface area contributed by atoms with Crippen molar-refractivity contribution in [1.82, 2.24) is 4.90 Å². The van der Waals surface area contributed by atoms with Gasteiger partial charge in [0.05, 0.1) is 36.6 Å². The molecule has 2 aromatic rings. The van der Waals surface area contributed by atoms with E-state index >= 15 is 0 Å². The van der Waals surface area contributed by atoms with E-state index in [4.69, 9.17) is 32.7 Å². The summed E-state index contributed by atoms with van der Waals surface area (Å²) in [5.41, 5.74) is 1.74. The van der Waals surface area contributed by atoms with Gasteiger partial charge in [-0.15, -0.1) is 0 Å². The third-order valence-corrected chi connectivity index (χ3v) is 5.46. The summed E-state index contributed by atoms with van der Waals surface area (Å²) in [7, 11) is 1.50. The van der Waals surface area contributed by atoms with Crippen LogP contribution in [0.2, 0.25) is 10.0 Å². The summed E-state index contributed by atoms with van der Waals surface area (Å²) in [5, 5.41) is 0.872. The first-order valence-electron chi connectivity index (χ1n) is 9.06.